The molecular weight excluding hydrogens is 390 g/mol. The zero-order chi connectivity index (χ0) is 20.4. The van der Waals surface area contributed by atoms with E-state index in [2.05, 4.69) is 10.3 Å². The van der Waals surface area contributed by atoms with Crippen molar-refractivity contribution in [2.24, 2.45) is 0 Å². The topological polar surface area (TPSA) is 42.0 Å². The van der Waals surface area contributed by atoms with Gasteiger partial charge in [0.1, 0.15) is 21.5 Å². The van der Waals surface area contributed by atoms with E-state index in [0.29, 0.717) is 21.1 Å². The molecule has 4 aromatic rings. The maximum absolute atomic E-state index is 14.6. The Balaban J connectivity index is 1.70. The number of carbonyl (C=O) groups is 1. The molecule has 0 aliphatic carbocycles. The molecule has 1 amide bonds. The lowest BCUT2D eigenvalue weighted by Gasteiger charge is -2.12. The number of rotatable bonds is 4. The van der Waals surface area contributed by atoms with Crippen molar-refractivity contribution in [3.8, 4) is 21.7 Å². The second-order valence-corrected chi connectivity index (χ2v) is 7.43. The summed E-state index contributed by atoms with van der Waals surface area (Å²) in [5, 5.41) is 3.32. The van der Waals surface area contributed by atoms with Gasteiger partial charge in [-0.1, -0.05) is 60.7 Å². The molecule has 1 heterocycles. The molecule has 0 spiro atoms. The summed E-state index contributed by atoms with van der Waals surface area (Å²) >= 11 is 1.23. The predicted molar refractivity (Wildman–Crippen MR) is 112 cm³/mol. The van der Waals surface area contributed by atoms with Gasteiger partial charge < -0.3 is 5.32 Å². The van der Waals surface area contributed by atoms with E-state index in [1.807, 2.05) is 36.4 Å². The van der Waals surface area contributed by atoms with E-state index in [4.69, 9.17) is 0 Å². The molecule has 0 unspecified atom stereocenters. The number of nitrogens with zero attached hydrogens (tertiary/aromatic N) is 1. The molecule has 1 aromatic heterocycles. The smallest absolute Gasteiger partial charge is 0.267 e. The summed E-state index contributed by atoms with van der Waals surface area (Å²) in [4.78, 5) is 17.7. The molecule has 3 nitrogen and oxygen atoms in total. The molecule has 0 atom stereocenters. The van der Waals surface area contributed by atoms with Crippen molar-refractivity contribution >= 4 is 22.9 Å². The van der Waals surface area contributed by atoms with Crippen molar-refractivity contribution < 1.29 is 13.6 Å². The summed E-state index contributed by atoms with van der Waals surface area (Å²) in [6.45, 7) is 1.73. The SMILES string of the molecule is Cc1nc(-c2ccccc2)sc1C(=O)Nc1c(F)cc(F)cc1-c1ccccc1. The molecule has 3 aromatic carbocycles. The van der Waals surface area contributed by atoms with Crippen LogP contribution in [0.15, 0.2) is 72.8 Å². The third kappa shape index (κ3) is 3.93. The van der Waals surface area contributed by atoms with Crippen LogP contribution in [-0.4, -0.2) is 10.9 Å². The molecule has 144 valence electrons. The Kier molecular flexibility index (Phi) is 5.18. The van der Waals surface area contributed by atoms with Gasteiger partial charge >= 0.3 is 0 Å². The summed E-state index contributed by atoms with van der Waals surface area (Å²) in [7, 11) is 0. The zero-order valence-corrected chi connectivity index (χ0v) is 16.3. The Morgan fingerprint density at radius 3 is 2.21 bits per heavy atom. The zero-order valence-electron chi connectivity index (χ0n) is 15.4. The number of aromatic nitrogens is 1. The summed E-state index contributed by atoms with van der Waals surface area (Å²) in [6, 6.07) is 20.3. The summed E-state index contributed by atoms with van der Waals surface area (Å²) in [5.74, 6) is -2.02. The molecular formula is C23H16F2N2OS. The van der Waals surface area contributed by atoms with E-state index >= 15 is 0 Å². The quantitative estimate of drug-likeness (QED) is 0.431. The van der Waals surface area contributed by atoms with Crippen molar-refractivity contribution in [2.45, 2.75) is 6.92 Å². The molecule has 0 saturated carbocycles. The third-order valence-electron chi connectivity index (χ3n) is 4.40. The fourth-order valence-corrected chi connectivity index (χ4v) is 3.99. The lowest BCUT2D eigenvalue weighted by molar-refractivity contribution is 0.102. The molecule has 0 aliphatic heterocycles. The van der Waals surface area contributed by atoms with Gasteiger partial charge in [0.15, 0.2) is 0 Å². The van der Waals surface area contributed by atoms with Crippen molar-refractivity contribution in [3.05, 3.63) is 95.0 Å². The summed E-state index contributed by atoms with van der Waals surface area (Å²) < 4.78 is 28.4. The normalized spacial score (nSPS) is 10.7. The van der Waals surface area contributed by atoms with E-state index in [-0.39, 0.29) is 11.3 Å². The van der Waals surface area contributed by atoms with E-state index in [0.717, 1.165) is 11.6 Å². The molecule has 6 heteroatoms. The van der Waals surface area contributed by atoms with Crippen molar-refractivity contribution in [1.82, 2.24) is 4.98 Å². The van der Waals surface area contributed by atoms with Crippen molar-refractivity contribution in [3.63, 3.8) is 0 Å². The van der Waals surface area contributed by atoms with Crippen LogP contribution in [0.25, 0.3) is 21.7 Å². The average Bonchev–Trinajstić information content (AvgIpc) is 3.13. The van der Waals surface area contributed by atoms with Gasteiger partial charge in [0.2, 0.25) is 0 Å². The maximum Gasteiger partial charge on any atom is 0.267 e. The highest BCUT2D eigenvalue weighted by Gasteiger charge is 2.20. The monoisotopic (exact) mass is 406 g/mol. The number of carbonyl (C=O) groups excluding carboxylic acids is 1. The first-order valence-corrected chi connectivity index (χ1v) is 9.73. The first-order valence-electron chi connectivity index (χ1n) is 8.91. The Morgan fingerprint density at radius 1 is 0.931 bits per heavy atom. The minimum Gasteiger partial charge on any atom is -0.318 e. The maximum atomic E-state index is 14.6. The number of hydrogen-bond acceptors (Lipinski definition) is 3. The fourth-order valence-electron chi connectivity index (χ4n) is 3.03. The van der Waals surface area contributed by atoms with Crippen LogP contribution in [-0.2, 0) is 0 Å². The minimum absolute atomic E-state index is 0.0586. The first-order chi connectivity index (χ1) is 14.0. The Bertz CT molecular complexity index is 1170. The number of hydrogen-bond donors (Lipinski definition) is 1. The second-order valence-electron chi connectivity index (χ2n) is 6.43. The van der Waals surface area contributed by atoms with Gasteiger partial charge in [0, 0.05) is 17.2 Å². The molecule has 1 N–H and O–H groups in total. The number of aryl methyl sites for hydroxylation is 1. The molecule has 0 bridgehead atoms. The van der Waals surface area contributed by atoms with E-state index in [9.17, 15) is 13.6 Å². The number of nitrogens with one attached hydrogen (secondary N) is 1. The van der Waals surface area contributed by atoms with Gasteiger partial charge in [-0.25, -0.2) is 13.8 Å². The highest BCUT2D eigenvalue weighted by Crippen LogP contribution is 2.33. The molecule has 0 aliphatic rings. The standard InChI is InChI=1S/C23H16F2N2OS/c1-14-21(29-23(26-14)16-10-6-3-7-11-16)22(28)27-20-18(12-17(24)13-19(20)25)15-8-4-2-5-9-15/h2-13H,1H3,(H,27,28). The molecule has 0 fully saturated rings. The van der Waals surface area contributed by atoms with Gasteiger partial charge in [-0.3, -0.25) is 4.79 Å². The molecule has 0 radical (unpaired) electrons. The lowest BCUT2D eigenvalue weighted by atomic mass is 10.0. The van der Waals surface area contributed by atoms with Crippen molar-refractivity contribution in [2.75, 3.05) is 5.32 Å². The van der Waals surface area contributed by atoms with Gasteiger partial charge in [-0.2, -0.15) is 0 Å². The van der Waals surface area contributed by atoms with Crippen LogP contribution in [0.1, 0.15) is 15.4 Å². The van der Waals surface area contributed by atoms with Gasteiger partial charge in [0.05, 0.1) is 11.4 Å². The van der Waals surface area contributed by atoms with Gasteiger partial charge in [-0.05, 0) is 18.6 Å². The largest absolute Gasteiger partial charge is 0.318 e. The Morgan fingerprint density at radius 2 is 1.55 bits per heavy atom. The third-order valence-corrected chi connectivity index (χ3v) is 5.61. The second kappa shape index (κ2) is 7.93. The first kappa shape index (κ1) is 19.0. The van der Waals surface area contributed by atoms with Crippen LogP contribution >= 0.6 is 11.3 Å². The fraction of sp³-hybridized carbons (Fsp3) is 0.0435. The van der Waals surface area contributed by atoms with Crippen LogP contribution in [0.2, 0.25) is 0 Å². The Hall–Kier alpha value is -3.38. The molecule has 0 saturated heterocycles. The van der Waals surface area contributed by atoms with Crippen LogP contribution in [0.4, 0.5) is 14.5 Å². The average molecular weight is 406 g/mol. The van der Waals surface area contributed by atoms with Gasteiger partial charge in [0.25, 0.3) is 5.91 Å². The number of halogens is 2. The number of anilines is 1. The highest BCUT2D eigenvalue weighted by molar-refractivity contribution is 7.17. The van der Waals surface area contributed by atoms with E-state index in [1.165, 1.54) is 17.4 Å². The van der Waals surface area contributed by atoms with E-state index < -0.39 is 17.5 Å². The summed E-state index contributed by atoms with van der Waals surface area (Å²) in [5.41, 5.74) is 2.28. The van der Waals surface area contributed by atoms with Crippen LogP contribution < -0.4 is 5.32 Å². The Labute approximate surface area is 170 Å². The number of amides is 1. The molecule has 29 heavy (non-hydrogen) atoms. The summed E-state index contributed by atoms with van der Waals surface area (Å²) in [6.07, 6.45) is 0. The van der Waals surface area contributed by atoms with Gasteiger partial charge in [-0.15, -0.1) is 11.3 Å². The van der Waals surface area contributed by atoms with Crippen LogP contribution in [0, 0.1) is 18.6 Å². The predicted octanol–water partition coefficient (Wildman–Crippen LogP) is 6.32. The minimum atomic E-state index is -0.831. The van der Waals surface area contributed by atoms with Crippen LogP contribution in [0.5, 0.6) is 0 Å². The van der Waals surface area contributed by atoms with Crippen molar-refractivity contribution in [1.29, 1.82) is 0 Å². The number of benzene rings is 3. The highest BCUT2D eigenvalue weighted by atomic mass is 32.1. The van der Waals surface area contributed by atoms with Crippen LogP contribution in [0.3, 0.4) is 0 Å². The van der Waals surface area contributed by atoms with E-state index in [1.54, 1.807) is 31.2 Å². The molecule has 4 rings (SSSR count). The lowest BCUT2D eigenvalue weighted by Crippen LogP contribution is -2.14. The number of thiazole rings is 1.